The van der Waals surface area contributed by atoms with Crippen molar-refractivity contribution < 1.29 is 0 Å². The molecule has 1 aliphatic heterocycles. The van der Waals surface area contributed by atoms with E-state index in [9.17, 15) is 0 Å². The Balaban J connectivity index is 1.99. The van der Waals surface area contributed by atoms with Crippen molar-refractivity contribution in [1.29, 1.82) is 0 Å². The van der Waals surface area contributed by atoms with E-state index in [1.807, 2.05) is 0 Å². The minimum absolute atomic E-state index is 0.618. The zero-order chi connectivity index (χ0) is 21.1. The SMILES string of the molecule is CC(C)P1(Br)(C(C)C)Cc2ccc3ccccc3c2-c2c(ccc3ccccc23)C1. The van der Waals surface area contributed by atoms with E-state index in [-0.39, 0.29) is 0 Å². The van der Waals surface area contributed by atoms with Crippen molar-refractivity contribution in [1.82, 2.24) is 0 Å². The molecule has 0 fully saturated rings. The van der Waals surface area contributed by atoms with E-state index in [2.05, 4.69) is 116 Å². The first-order valence-electron chi connectivity index (χ1n) is 11.1. The third-order valence-corrected chi connectivity index (χ3v) is 21.2. The second-order valence-corrected chi connectivity index (χ2v) is 20.9. The van der Waals surface area contributed by atoms with Crippen molar-refractivity contribution in [2.75, 3.05) is 0 Å². The molecule has 0 aliphatic carbocycles. The molecule has 0 aromatic heterocycles. The first-order valence-corrected chi connectivity index (χ1v) is 15.8. The monoisotopic (exact) mass is 476 g/mol. The number of halogens is 1. The van der Waals surface area contributed by atoms with E-state index in [0.29, 0.717) is 11.3 Å². The maximum atomic E-state index is 4.58. The normalized spacial score (nSPS) is 18.6. The van der Waals surface area contributed by atoms with Gasteiger partial charge in [0.05, 0.1) is 0 Å². The van der Waals surface area contributed by atoms with Gasteiger partial charge in [0, 0.05) is 0 Å². The van der Waals surface area contributed by atoms with E-state index in [0.717, 1.165) is 12.3 Å². The van der Waals surface area contributed by atoms with Crippen molar-refractivity contribution in [3.8, 4) is 11.1 Å². The topological polar surface area (TPSA) is 0 Å². The van der Waals surface area contributed by atoms with E-state index in [1.165, 1.54) is 43.8 Å². The van der Waals surface area contributed by atoms with Gasteiger partial charge in [0.2, 0.25) is 0 Å². The standard InChI is InChI=1S/C28H30BrP/c1-19(2)30(29,20(3)4)17-23-15-13-21-9-5-7-11-25(21)27(23)28-24(18-30)16-14-22-10-6-8-12-26(22)28/h5-16,19-20H,17-18H2,1-4H3. The Morgan fingerprint density at radius 1 is 0.600 bits per heavy atom. The van der Waals surface area contributed by atoms with Crippen LogP contribution < -0.4 is 0 Å². The quantitative estimate of drug-likeness (QED) is 0.252. The van der Waals surface area contributed by atoms with Gasteiger partial charge in [0.15, 0.2) is 0 Å². The molecule has 4 aromatic carbocycles. The van der Waals surface area contributed by atoms with Gasteiger partial charge >= 0.3 is 189 Å². The van der Waals surface area contributed by atoms with E-state index < -0.39 is 5.31 Å². The van der Waals surface area contributed by atoms with Crippen molar-refractivity contribution >= 4 is 42.3 Å². The van der Waals surface area contributed by atoms with Crippen LogP contribution in [-0.4, -0.2) is 11.3 Å². The summed E-state index contributed by atoms with van der Waals surface area (Å²) in [5.41, 5.74) is 7.20. The van der Waals surface area contributed by atoms with Gasteiger partial charge in [0.25, 0.3) is 0 Å². The summed E-state index contributed by atoms with van der Waals surface area (Å²) < 4.78 is 0. The molecular weight excluding hydrogens is 447 g/mol. The Kier molecular flexibility index (Phi) is 4.66. The van der Waals surface area contributed by atoms with Gasteiger partial charge in [0.1, 0.15) is 0 Å². The zero-order valence-electron chi connectivity index (χ0n) is 18.3. The van der Waals surface area contributed by atoms with Crippen LogP contribution in [0.3, 0.4) is 0 Å². The summed E-state index contributed by atoms with van der Waals surface area (Å²) in [5.74, 6) is 0. The van der Waals surface area contributed by atoms with E-state index in [1.54, 1.807) is 0 Å². The summed E-state index contributed by atoms with van der Waals surface area (Å²) in [5, 5.41) is 3.19. The van der Waals surface area contributed by atoms with Crippen LogP contribution in [0.15, 0.2) is 72.8 Å². The zero-order valence-corrected chi connectivity index (χ0v) is 20.8. The first kappa shape index (κ1) is 20.2. The number of hydrogen-bond donors (Lipinski definition) is 0. The molecule has 154 valence electrons. The van der Waals surface area contributed by atoms with Crippen LogP contribution in [0.2, 0.25) is 0 Å². The summed E-state index contributed by atoms with van der Waals surface area (Å²) in [6.45, 7) is 9.78. The molecule has 0 saturated carbocycles. The molecule has 30 heavy (non-hydrogen) atoms. The third-order valence-electron chi connectivity index (χ3n) is 7.78. The van der Waals surface area contributed by atoms with Gasteiger partial charge < -0.3 is 0 Å². The molecule has 0 nitrogen and oxygen atoms in total. The van der Waals surface area contributed by atoms with Crippen molar-refractivity contribution in [3.63, 3.8) is 0 Å². The summed E-state index contributed by atoms with van der Waals surface area (Å²) in [6, 6.07) is 27.3. The van der Waals surface area contributed by atoms with Gasteiger partial charge in [-0.2, -0.15) is 0 Å². The Hall–Kier alpha value is -1.69. The summed E-state index contributed by atoms with van der Waals surface area (Å²) in [4.78, 5) is 0. The molecule has 0 spiro atoms. The molecule has 2 heteroatoms. The van der Waals surface area contributed by atoms with Crippen LogP contribution in [0, 0.1) is 0 Å². The summed E-state index contributed by atoms with van der Waals surface area (Å²) in [7, 11) is 0. The molecule has 0 unspecified atom stereocenters. The van der Waals surface area contributed by atoms with Gasteiger partial charge in [-0.05, 0) is 0 Å². The van der Waals surface area contributed by atoms with Crippen LogP contribution in [-0.2, 0) is 12.3 Å². The number of benzene rings is 4. The molecule has 0 amide bonds. The summed E-state index contributed by atoms with van der Waals surface area (Å²) >= 11 is 4.58. The maximum absolute atomic E-state index is 4.58. The Labute approximate surface area is 188 Å². The molecule has 1 aliphatic rings. The van der Waals surface area contributed by atoms with Crippen LogP contribution in [0.5, 0.6) is 0 Å². The number of fused-ring (bicyclic) bond motifs is 7. The first-order chi connectivity index (χ1) is 14.3. The third kappa shape index (κ3) is 2.75. The van der Waals surface area contributed by atoms with E-state index in [4.69, 9.17) is 0 Å². The van der Waals surface area contributed by atoms with Crippen molar-refractivity contribution in [2.45, 2.75) is 51.3 Å². The second kappa shape index (κ2) is 6.91. The fourth-order valence-electron chi connectivity index (χ4n) is 5.63. The van der Waals surface area contributed by atoms with Crippen LogP contribution >= 0.6 is 20.8 Å². The molecule has 1 heterocycles. The Morgan fingerprint density at radius 3 is 1.40 bits per heavy atom. The molecule has 0 bridgehead atoms. The molecule has 5 rings (SSSR count). The predicted molar refractivity (Wildman–Crippen MR) is 140 cm³/mol. The van der Waals surface area contributed by atoms with Crippen molar-refractivity contribution in [3.05, 3.63) is 83.9 Å². The Bertz CT molecular complexity index is 1190. The average Bonchev–Trinajstić information content (AvgIpc) is 2.87. The molecule has 0 radical (unpaired) electrons. The van der Waals surface area contributed by atoms with E-state index >= 15 is 0 Å². The number of rotatable bonds is 2. The molecular formula is C28H30BrP. The molecule has 0 saturated heterocycles. The fourth-order valence-corrected chi connectivity index (χ4v) is 12.1. The fraction of sp³-hybridized carbons (Fsp3) is 0.286. The summed E-state index contributed by atoms with van der Waals surface area (Å²) in [6.07, 6.45) is 2.31. The molecule has 4 aromatic rings. The second-order valence-electron chi connectivity index (χ2n) is 9.68. The predicted octanol–water partition coefficient (Wildman–Crippen LogP) is 9.35. The molecule has 0 atom stereocenters. The van der Waals surface area contributed by atoms with Gasteiger partial charge in [-0.25, -0.2) is 0 Å². The van der Waals surface area contributed by atoms with Crippen molar-refractivity contribution in [2.24, 2.45) is 0 Å². The van der Waals surface area contributed by atoms with Gasteiger partial charge in [-0.15, -0.1) is 0 Å². The van der Waals surface area contributed by atoms with Crippen LogP contribution in [0.1, 0.15) is 38.8 Å². The van der Waals surface area contributed by atoms with Gasteiger partial charge in [-0.1, -0.05) is 0 Å². The van der Waals surface area contributed by atoms with Crippen LogP contribution in [0.4, 0.5) is 0 Å². The Morgan fingerprint density at radius 2 is 1.00 bits per heavy atom. The number of hydrogen-bond acceptors (Lipinski definition) is 0. The molecule has 0 N–H and O–H groups in total. The minimum atomic E-state index is -2.26. The van der Waals surface area contributed by atoms with Crippen LogP contribution in [0.25, 0.3) is 32.7 Å². The van der Waals surface area contributed by atoms with Gasteiger partial charge in [-0.3, -0.25) is 0 Å². The average molecular weight is 477 g/mol.